The molecule has 1 fully saturated rings. The lowest BCUT2D eigenvalue weighted by molar-refractivity contribution is 0.0745. The fraction of sp³-hybridized carbons (Fsp3) is 0.367. The molecule has 4 heterocycles. The van der Waals surface area contributed by atoms with Gasteiger partial charge < -0.3 is 14.5 Å². The number of para-hydroxylation sites is 2. The van der Waals surface area contributed by atoms with Gasteiger partial charge in [0, 0.05) is 67.7 Å². The molecule has 0 spiro atoms. The van der Waals surface area contributed by atoms with Crippen LogP contribution in [0.4, 0.5) is 5.82 Å². The number of carbonyl (C=O) groups excluding carboxylic acids is 1. The fourth-order valence-corrected chi connectivity index (χ4v) is 5.76. The maximum Gasteiger partial charge on any atom is 0.255 e. The van der Waals surface area contributed by atoms with Crippen LogP contribution in [0.25, 0.3) is 21.8 Å². The number of anilines is 1. The van der Waals surface area contributed by atoms with E-state index in [1.165, 1.54) is 5.56 Å². The Hall–Kier alpha value is -3.71. The summed E-state index contributed by atoms with van der Waals surface area (Å²) in [5.74, 6) is 1.84. The fourth-order valence-electron chi connectivity index (χ4n) is 5.76. The summed E-state index contributed by atoms with van der Waals surface area (Å²) in [6, 6.07) is 16.3. The van der Waals surface area contributed by atoms with Gasteiger partial charge >= 0.3 is 0 Å². The summed E-state index contributed by atoms with van der Waals surface area (Å²) in [4.78, 5) is 30.7. The molecule has 4 aromatic rings. The second-order valence-electron chi connectivity index (χ2n) is 9.98. The summed E-state index contributed by atoms with van der Waals surface area (Å²) in [7, 11) is 1.68. The van der Waals surface area contributed by atoms with Crippen LogP contribution in [0.5, 0.6) is 5.75 Å². The molecule has 0 radical (unpaired) electrons. The zero-order valence-corrected chi connectivity index (χ0v) is 21.8. The van der Waals surface area contributed by atoms with E-state index in [0.29, 0.717) is 13.1 Å². The Labute approximate surface area is 217 Å². The Kier molecular flexibility index (Phi) is 6.16. The van der Waals surface area contributed by atoms with Gasteiger partial charge in [0.15, 0.2) is 0 Å². The topological polar surface area (TPSA) is 61.8 Å². The summed E-state index contributed by atoms with van der Waals surface area (Å²) < 4.78 is 5.58. The molecule has 0 aliphatic carbocycles. The Morgan fingerprint density at radius 3 is 2.54 bits per heavy atom. The number of carbonyl (C=O) groups is 1. The maximum atomic E-state index is 14.1. The first kappa shape index (κ1) is 23.7. The number of aromatic nitrogens is 2. The van der Waals surface area contributed by atoms with Crippen LogP contribution in [0, 0.1) is 6.92 Å². The van der Waals surface area contributed by atoms with Gasteiger partial charge in [0.05, 0.1) is 18.2 Å². The molecule has 6 rings (SSSR count). The van der Waals surface area contributed by atoms with Gasteiger partial charge in [0.1, 0.15) is 17.1 Å². The maximum absolute atomic E-state index is 14.1. The van der Waals surface area contributed by atoms with Crippen molar-refractivity contribution in [3.05, 3.63) is 70.9 Å². The van der Waals surface area contributed by atoms with E-state index in [2.05, 4.69) is 35.8 Å². The quantitative estimate of drug-likeness (QED) is 0.417. The minimum Gasteiger partial charge on any atom is -0.494 e. The van der Waals surface area contributed by atoms with Crippen LogP contribution >= 0.6 is 0 Å². The van der Waals surface area contributed by atoms with Gasteiger partial charge in [0.25, 0.3) is 5.91 Å². The average molecular weight is 496 g/mol. The number of nitrogens with zero attached hydrogens (tertiary/aromatic N) is 5. The van der Waals surface area contributed by atoms with Gasteiger partial charge in [-0.15, -0.1) is 0 Å². The molecule has 7 nitrogen and oxygen atoms in total. The van der Waals surface area contributed by atoms with Crippen molar-refractivity contribution in [3.63, 3.8) is 0 Å². The van der Waals surface area contributed by atoms with Crippen molar-refractivity contribution in [1.29, 1.82) is 0 Å². The number of aryl methyl sites for hydroxylation is 1. The van der Waals surface area contributed by atoms with Gasteiger partial charge in [-0.1, -0.05) is 37.3 Å². The summed E-state index contributed by atoms with van der Waals surface area (Å²) in [6.07, 6.45) is 0.887. The number of pyridine rings is 2. The van der Waals surface area contributed by atoms with Gasteiger partial charge in [-0.3, -0.25) is 14.7 Å². The van der Waals surface area contributed by atoms with E-state index >= 15 is 0 Å². The molecular formula is C30H33N5O2. The molecular weight excluding hydrogens is 462 g/mol. The van der Waals surface area contributed by atoms with Crippen LogP contribution in [0.3, 0.4) is 0 Å². The lowest BCUT2D eigenvalue weighted by Crippen LogP contribution is -2.49. The number of hydrogen-bond donors (Lipinski definition) is 0. The van der Waals surface area contributed by atoms with Gasteiger partial charge in [-0.25, -0.2) is 4.98 Å². The van der Waals surface area contributed by atoms with Crippen LogP contribution in [0.2, 0.25) is 0 Å². The van der Waals surface area contributed by atoms with Gasteiger partial charge in [0.2, 0.25) is 0 Å². The Morgan fingerprint density at radius 2 is 1.76 bits per heavy atom. The lowest BCUT2D eigenvalue weighted by Gasteiger charge is -2.37. The number of benzene rings is 2. The lowest BCUT2D eigenvalue weighted by atomic mass is 9.94. The number of likely N-dealkylation sites (N-methyl/N-ethyl adjacent to an activating group) is 1. The molecule has 2 aromatic carbocycles. The Balaban J connectivity index is 1.29. The van der Waals surface area contributed by atoms with Crippen LogP contribution in [-0.2, 0) is 13.0 Å². The highest BCUT2D eigenvalue weighted by Crippen LogP contribution is 2.31. The molecule has 190 valence electrons. The molecule has 0 N–H and O–H groups in total. The van der Waals surface area contributed by atoms with Crippen LogP contribution in [-0.4, -0.2) is 72.1 Å². The number of methoxy groups -OCH3 is 1. The van der Waals surface area contributed by atoms with Crippen molar-refractivity contribution in [3.8, 4) is 5.75 Å². The van der Waals surface area contributed by atoms with Crippen molar-refractivity contribution in [2.24, 2.45) is 0 Å². The second kappa shape index (κ2) is 9.63. The van der Waals surface area contributed by atoms with Crippen LogP contribution in [0.1, 0.15) is 34.1 Å². The monoisotopic (exact) mass is 495 g/mol. The highest BCUT2D eigenvalue weighted by atomic mass is 16.5. The summed E-state index contributed by atoms with van der Waals surface area (Å²) >= 11 is 0. The SMILES string of the molecule is CCN1CCc2nc3ccccc3c(C(=O)N3CCN(c4cc(C)c5cccc(OC)c5n4)CC3)c2C1. The zero-order chi connectivity index (χ0) is 25.5. The van der Waals surface area contributed by atoms with E-state index in [9.17, 15) is 4.79 Å². The van der Waals surface area contributed by atoms with Gasteiger partial charge in [-0.2, -0.15) is 0 Å². The highest BCUT2D eigenvalue weighted by molar-refractivity contribution is 6.07. The number of hydrogen-bond acceptors (Lipinski definition) is 6. The molecule has 2 aliphatic heterocycles. The first-order valence-corrected chi connectivity index (χ1v) is 13.2. The minimum absolute atomic E-state index is 0.122. The minimum atomic E-state index is 0.122. The van der Waals surface area contributed by atoms with Crippen LogP contribution < -0.4 is 9.64 Å². The normalized spacial score (nSPS) is 16.3. The standard InChI is InChI=1S/C30H33N5O2/c1-4-33-13-12-25-23(19-33)28(22-8-5-6-10-24(22)31-25)30(36)35-16-14-34(15-17-35)27-18-20(2)21-9-7-11-26(37-3)29(21)32-27/h5-11,18H,4,12-17,19H2,1-3H3. The Bertz CT molecular complexity index is 1490. The molecule has 0 bridgehead atoms. The van der Waals surface area contributed by atoms with E-state index in [0.717, 1.165) is 89.3 Å². The van der Waals surface area contributed by atoms with Crippen molar-refractivity contribution in [2.75, 3.05) is 51.3 Å². The zero-order valence-electron chi connectivity index (χ0n) is 21.8. The third-order valence-electron chi connectivity index (χ3n) is 7.89. The molecule has 0 saturated carbocycles. The van der Waals surface area contributed by atoms with Gasteiger partial charge in [-0.05, 0) is 37.2 Å². The van der Waals surface area contributed by atoms with E-state index in [4.69, 9.17) is 14.7 Å². The molecule has 1 saturated heterocycles. The molecule has 2 aliphatic rings. The number of rotatable bonds is 4. The second-order valence-corrected chi connectivity index (χ2v) is 9.98. The van der Waals surface area contributed by atoms with Crippen molar-refractivity contribution in [1.82, 2.24) is 19.8 Å². The van der Waals surface area contributed by atoms with Crippen molar-refractivity contribution in [2.45, 2.75) is 26.8 Å². The number of ether oxygens (including phenoxy) is 1. The van der Waals surface area contributed by atoms with E-state index in [-0.39, 0.29) is 5.91 Å². The van der Waals surface area contributed by atoms with Crippen molar-refractivity contribution < 1.29 is 9.53 Å². The third-order valence-corrected chi connectivity index (χ3v) is 7.89. The molecule has 0 atom stereocenters. The summed E-state index contributed by atoms with van der Waals surface area (Å²) in [5, 5.41) is 2.07. The summed E-state index contributed by atoms with van der Waals surface area (Å²) in [6.45, 7) is 9.84. The predicted octanol–water partition coefficient (Wildman–Crippen LogP) is 4.44. The molecule has 2 aromatic heterocycles. The molecule has 37 heavy (non-hydrogen) atoms. The molecule has 1 amide bonds. The third kappa shape index (κ3) is 4.17. The first-order valence-electron chi connectivity index (χ1n) is 13.2. The van der Waals surface area contributed by atoms with Crippen molar-refractivity contribution >= 4 is 33.5 Å². The van der Waals surface area contributed by atoms with E-state index in [1.54, 1.807) is 7.11 Å². The first-order chi connectivity index (χ1) is 18.1. The van der Waals surface area contributed by atoms with E-state index in [1.807, 2.05) is 41.3 Å². The average Bonchev–Trinajstić information content (AvgIpc) is 2.95. The van der Waals surface area contributed by atoms with E-state index < -0.39 is 0 Å². The highest BCUT2D eigenvalue weighted by Gasteiger charge is 2.30. The number of amides is 1. The molecule has 7 heteroatoms. The Morgan fingerprint density at radius 1 is 0.973 bits per heavy atom. The van der Waals surface area contributed by atoms with Crippen LogP contribution in [0.15, 0.2) is 48.5 Å². The smallest absolute Gasteiger partial charge is 0.255 e. The molecule has 0 unspecified atom stereocenters. The summed E-state index contributed by atoms with van der Waals surface area (Å²) in [5.41, 5.74) is 6.00. The number of fused-ring (bicyclic) bond motifs is 3. The predicted molar refractivity (Wildman–Crippen MR) is 148 cm³/mol. The largest absolute Gasteiger partial charge is 0.494 e. The number of piperazine rings is 1.